The van der Waals surface area contributed by atoms with Crippen LogP contribution in [0.15, 0.2) is 17.5 Å². The lowest BCUT2D eigenvalue weighted by atomic mass is 10.0. The average Bonchev–Trinajstić information content (AvgIpc) is 3.05. The van der Waals surface area contributed by atoms with E-state index in [9.17, 15) is 9.59 Å². The number of carbonyl (C=O) groups is 2. The Morgan fingerprint density at radius 3 is 2.75 bits per heavy atom. The maximum Gasteiger partial charge on any atom is 0.317 e. The van der Waals surface area contributed by atoms with Crippen LogP contribution in [0.25, 0.3) is 0 Å². The van der Waals surface area contributed by atoms with Gasteiger partial charge in [-0.2, -0.15) is 0 Å². The van der Waals surface area contributed by atoms with E-state index in [0.29, 0.717) is 19.5 Å². The Morgan fingerprint density at radius 1 is 1.50 bits per heavy atom. The van der Waals surface area contributed by atoms with Gasteiger partial charge in [-0.15, -0.1) is 11.3 Å². The number of rotatable bonds is 4. The molecule has 1 aromatic rings. The Labute approximate surface area is 122 Å². The van der Waals surface area contributed by atoms with Gasteiger partial charge < -0.3 is 15.3 Å². The molecule has 0 saturated carbocycles. The van der Waals surface area contributed by atoms with E-state index in [0.717, 1.165) is 4.88 Å². The second-order valence-corrected chi connectivity index (χ2v) is 6.44. The molecule has 0 bridgehead atoms. The predicted molar refractivity (Wildman–Crippen MR) is 77.7 cm³/mol. The summed E-state index contributed by atoms with van der Waals surface area (Å²) in [4.78, 5) is 25.9. The molecule has 0 aliphatic carbocycles. The quantitative estimate of drug-likeness (QED) is 0.897. The fourth-order valence-corrected chi connectivity index (χ4v) is 3.35. The SMILES string of the molecule is CC(C)C(NC(=O)N1CCC(C(=O)O)C1)c1cccs1. The number of aliphatic carboxylic acids is 1. The van der Waals surface area contributed by atoms with Crippen LogP contribution in [0.4, 0.5) is 4.79 Å². The second-order valence-electron chi connectivity index (χ2n) is 5.46. The van der Waals surface area contributed by atoms with Crippen molar-refractivity contribution in [2.45, 2.75) is 26.3 Å². The average molecular weight is 296 g/mol. The van der Waals surface area contributed by atoms with Crippen LogP contribution < -0.4 is 5.32 Å². The first-order valence-corrected chi connectivity index (χ1v) is 7.68. The molecule has 5 nitrogen and oxygen atoms in total. The number of carbonyl (C=O) groups excluding carboxylic acids is 1. The van der Waals surface area contributed by atoms with E-state index in [1.54, 1.807) is 16.2 Å². The smallest absolute Gasteiger partial charge is 0.317 e. The molecule has 2 rings (SSSR count). The molecule has 0 aromatic carbocycles. The molecular weight excluding hydrogens is 276 g/mol. The zero-order valence-corrected chi connectivity index (χ0v) is 12.5. The molecule has 2 heterocycles. The summed E-state index contributed by atoms with van der Waals surface area (Å²) >= 11 is 1.62. The van der Waals surface area contributed by atoms with Crippen LogP contribution in [0.1, 0.15) is 31.2 Å². The lowest BCUT2D eigenvalue weighted by Gasteiger charge is -2.25. The Morgan fingerprint density at radius 2 is 2.25 bits per heavy atom. The van der Waals surface area contributed by atoms with Crippen molar-refractivity contribution < 1.29 is 14.7 Å². The van der Waals surface area contributed by atoms with E-state index in [-0.39, 0.29) is 18.0 Å². The van der Waals surface area contributed by atoms with Gasteiger partial charge in [0.25, 0.3) is 0 Å². The first-order chi connectivity index (χ1) is 9.49. The monoisotopic (exact) mass is 296 g/mol. The van der Waals surface area contributed by atoms with Crippen LogP contribution in [0.5, 0.6) is 0 Å². The van der Waals surface area contributed by atoms with E-state index < -0.39 is 11.9 Å². The van der Waals surface area contributed by atoms with Crippen LogP contribution in [0, 0.1) is 11.8 Å². The number of likely N-dealkylation sites (tertiary alicyclic amines) is 1. The highest BCUT2D eigenvalue weighted by atomic mass is 32.1. The summed E-state index contributed by atoms with van der Waals surface area (Å²) in [6.07, 6.45) is 0.536. The summed E-state index contributed by atoms with van der Waals surface area (Å²) in [5.41, 5.74) is 0. The zero-order chi connectivity index (χ0) is 14.7. The van der Waals surface area contributed by atoms with Crippen LogP contribution in [-0.4, -0.2) is 35.1 Å². The molecular formula is C14H20N2O3S. The van der Waals surface area contributed by atoms with Gasteiger partial charge in [0.15, 0.2) is 0 Å². The molecule has 2 N–H and O–H groups in total. The molecule has 6 heteroatoms. The van der Waals surface area contributed by atoms with Gasteiger partial charge in [-0.05, 0) is 23.8 Å². The summed E-state index contributed by atoms with van der Waals surface area (Å²) in [6, 6.07) is 3.80. The van der Waals surface area contributed by atoms with E-state index in [1.165, 1.54) is 0 Å². The van der Waals surface area contributed by atoms with Crippen molar-refractivity contribution in [2.75, 3.05) is 13.1 Å². The molecule has 2 amide bonds. The highest BCUT2D eigenvalue weighted by molar-refractivity contribution is 7.10. The van der Waals surface area contributed by atoms with Gasteiger partial charge in [-0.25, -0.2) is 4.79 Å². The molecule has 0 spiro atoms. The summed E-state index contributed by atoms with van der Waals surface area (Å²) in [5.74, 6) is -0.963. The van der Waals surface area contributed by atoms with Gasteiger partial charge in [0.05, 0.1) is 12.0 Å². The van der Waals surface area contributed by atoms with Crippen LogP contribution in [-0.2, 0) is 4.79 Å². The normalized spacial score (nSPS) is 20.1. The van der Waals surface area contributed by atoms with Crippen molar-refractivity contribution in [3.63, 3.8) is 0 Å². The Balaban J connectivity index is 1.98. The second kappa shape index (κ2) is 6.26. The fourth-order valence-electron chi connectivity index (χ4n) is 2.41. The van der Waals surface area contributed by atoms with Gasteiger partial charge in [-0.3, -0.25) is 4.79 Å². The highest BCUT2D eigenvalue weighted by Gasteiger charge is 2.32. The van der Waals surface area contributed by atoms with Crippen molar-refractivity contribution in [1.82, 2.24) is 10.2 Å². The molecule has 110 valence electrons. The van der Waals surface area contributed by atoms with E-state index in [2.05, 4.69) is 19.2 Å². The number of nitrogens with zero attached hydrogens (tertiary/aromatic N) is 1. The number of nitrogens with one attached hydrogen (secondary N) is 1. The van der Waals surface area contributed by atoms with Crippen molar-refractivity contribution in [1.29, 1.82) is 0 Å². The van der Waals surface area contributed by atoms with Gasteiger partial charge in [-0.1, -0.05) is 19.9 Å². The number of hydrogen-bond acceptors (Lipinski definition) is 3. The van der Waals surface area contributed by atoms with Gasteiger partial charge >= 0.3 is 12.0 Å². The van der Waals surface area contributed by atoms with Gasteiger partial charge in [0.1, 0.15) is 0 Å². The van der Waals surface area contributed by atoms with Crippen molar-refractivity contribution in [3.8, 4) is 0 Å². The molecule has 1 fully saturated rings. The van der Waals surface area contributed by atoms with E-state index in [4.69, 9.17) is 5.11 Å². The third-order valence-electron chi connectivity index (χ3n) is 3.62. The highest BCUT2D eigenvalue weighted by Crippen LogP contribution is 2.26. The standard InChI is InChI=1S/C14H20N2O3S/c1-9(2)12(11-4-3-7-20-11)15-14(19)16-6-5-10(8-16)13(17)18/h3-4,7,9-10,12H,5-6,8H2,1-2H3,(H,15,19)(H,17,18). The number of thiophene rings is 1. The van der Waals surface area contributed by atoms with Gasteiger partial charge in [0, 0.05) is 18.0 Å². The Hall–Kier alpha value is -1.56. The number of carboxylic acids is 1. The largest absolute Gasteiger partial charge is 0.481 e. The molecule has 1 aromatic heterocycles. The van der Waals surface area contributed by atoms with Gasteiger partial charge in [0.2, 0.25) is 0 Å². The van der Waals surface area contributed by atoms with Crippen LogP contribution >= 0.6 is 11.3 Å². The summed E-state index contributed by atoms with van der Waals surface area (Å²) in [6.45, 7) is 4.94. The maximum absolute atomic E-state index is 12.3. The van der Waals surface area contributed by atoms with Crippen molar-refractivity contribution in [3.05, 3.63) is 22.4 Å². The molecule has 2 unspecified atom stereocenters. The zero-order valence-electron chi connectivity index (χ0n) is 11.7. The summed E-state index contributed by atoms with van der Waals surface area (Å²) < 4.78 is 0. The number of hydrogen-bond donors (Lipinski definition) is 2. The molecule has 1 aliphatic heterocycles. The molecule has 20 heavy (non-hydrogen) atoms. The van der Waals surface area contributed by atoms with E-state index >= 15 is 0 Å². The third-order valence-corrected chi connectivity index (χ3v) is 4.58. The van der Waals surface area contributed by atoms with Crippen LogP contribution in [0.3, 0.4) is 0 Å². The lowest BCUT2D eigenvalue weighted by molar-refractivity contribution is -0.141. The molecule has 2 atom stereocenters. The number of amides is 2. The first-order valence-electron chi connectivity index (χ1n) is 6.80. The summed E-state index contributed by atoms with van der Waals surface area (Å²) in [7, 11) is 0. The maximum atomic E-state index is 12.3. The first kappa shape index (κ1) is 14.8. The minimum atomic E-state index is -0.820. The molecule has 0 radical (unpaired) electrons. The number of carboxylic acid groups (broad SMARTS) is 1. The Kier molecular flexibility index (Phi) is 4.65. The number of urea groups is 1. The topological polar surface area (TPSA) is 69.6 Å². The predicted octanol–water partition coefficient (Wildman–Crippen LogP) is 2.56. The minimum Gasteiger partial charge on any atom is -0.481 e. The fraction of sp³-hybridized carbons (Fsp3) is 0.571. The van der Waals surface area contributed by atoms with Crippen molar-refractivity contribution in [2.24, 2.45) is 11.8 Å². The van der Waals surface area contributed by atoms with E-state index in [1.807, 2.05) is 17.5 Å². The van der Waals surface area contributed by atoms with Crippen molar-refractivity contribution >= 4 is 23.3 Å². The lowest BCUT2D eigenvalue weighted by Crippen LogP contribution is -2.42. The van der Waals surface area contributed by atoms with Crippen LogP contribution in [0.2, 0.25) is 0 Å². The third kappa shape index (κ3) is 3.30. The molecule has 1 aliphatic rings. The minimum absolute atomic E-state index is 0.0219. The summed E-state index contributed by atoms with van der Waals surface area (Å²) in [5, 5.41) is 14.0. The Bertz CT molecular complexity index is 473. The molecule has 1 saturated heterocycles.